The molecule has 3 aromatic heterocycles. The first kappa shape index (κ1) is 20.6. The Labute approximate surface area is 178 Å². The average Bonchev–Trinajstić information content (AvgIpc) is 3.19. The van der Waals surface area contributed by atoms with Gasteiger partial charge in [0.15, 0.2) is 5.52 Å². The summed E-state index contributed by atoms with van der Waals surface area (Å²) in [5, 5.41) is 7.59. The number of imidazole rings is 1. The van der Waals surface area contributed by atoms with E-state index < -0.39 is 5.97 Å². The zero-order valence-corrected chi connectivity index (χ0v) is 17.5. The summed E-state index contributed by atoms with van der Waals surface area (Å²) in [6.45, 7) is 5.39. The Kier molecular flexibility index (Phi) is 5.95. The minimum Gasteiger partial charge on any atom is -0.465 e. The molecule has 1 saturated heterocycles. The van der Waals surface area contributed by atoms with Crippen LogP contribution in [0.4, 0.5) is 5.95 Å². The quantitative estimate of drug-likeness (QED) is 0.478. The van der Waals surface area contributed by atoms with E-state index in [4.69, 9.17) is 0 Å². The number of aromatic nitrogens is 5. The monoisotopic (exact) mass is 421 g/mol. The Morgan fingerprint density at radius 3 is 2.74 bits per heavy atom. The largest absolute Gasteiger partial charge is 0.465 e. The molecule has 4 heterocycles. The van der Waals surface area contributed by atoms with E-state index in [-0.39, 0.29) is 12.1 Å². The SMILES string of the molecule is CCC#Cn1c(N2CCNCC2)nc2cnn(Cc3ccc(C(=O)OC)cn3)c(=O)c21. The van der Waals surface area contributed by atoms with Crippen LogP contribution in [0, 0.1) is 12.0 Å². The number of nitrogens with zero attached hydrogens (tertiary/aromatic N) is 6. The van der Waals surface area contributed by atoms with Gasteiger partial charge in [-0.15, -0.1) is 0 Å². The number of fused-ring (bicyclic) bond motifs is 1. The molecule has 1 N–H and O–H groups in total. The van der Waals surface area contributed by atoms with Gasteiger partial charge in [0.05, 0.1) is 31.1 Å². The van der Waals surface area contributed by atoms with Crippen LogP contribution in [-0.4, -0.2) is 63.6 Å². The lowest BCUT2D eigenvalue weighted by atomic mass is 10.2. The minimum absolute atomic E-state index is 0.158. The fourth-order valence-corrected chi connectivity index (χ4v) is 3.38. The number of nitrogens with one attached hydrogen (secondary N) is 1. The van der Waals surface area contributed by atoms with Gasteiger partial charge in [0.2, 0.25) is 5.95 Å². The molecule has 0 spiro atoms. The van der Waals surface area contributed by atoms with Gasteiger partial charge in [-0.1, -0.05) is 12.8 Å². The minimum atomic E-state index is -0.463. The Balaban J connectivity index is 1.73. The van der Waals surface area contributed by atoms with Crippen molar-refractivity contribution in [3.05, 3.63) is 46.1 Å². The molecule has 31 heavy (non-hydrogen) atoms. The lowest BCUT2D eigenvalue weighted by molar-refractivity contribution is 0.0600. The molecule has 10 nitrogen and oxygen atoms in total. The zero-order valence-electron chi connectivity index (χ0n) is 17.5. The van der Waals surface area contributed by atoms with Crippen LogP contribution in [0.15, 0.2) is 29.3 Å². The summed E-state index contributed by atoms with van der Waals surface area (Å²) in [5.74, 6) is 3.25. The van der Waals surface area contributed by atoms with Crippen molar-refractivity contribution in [3.8, 4) is 12.0 Å². The van der Waals surface area contributed by atoms with E-state index in [1.54, 1.807) is 22.9 Å². The maximum atomic E-state index is 13.3. The van der Waals surface area contributed by atoms with Gasteiger partial charge in [0.1, 0.15) is 5.52 Å². The van der Waals surface area contributed by atoms with Crippen molar-refractivity contribution in [2.45, 2.75) is 19.9 Å². The van der Waals surface area contributed by atoms with Crippen LogP contribution in [0.3, 0.4) is 0 Å². The Bertz CT molecular complexity index is 1210. The summed E-state index contributed by atoms with van der Waals surface area (Å²) in [7, 11) is 1.31. The maximum Gasteiger partial charge on any atom is 0.339 e. The molecule has 0 bridgehead atoms. The van der Waals surface area contributed by atoms with E-state index in [2.05, 4.69) is 42.0 Å². The molecule has 3 aromatic rings. The molecule has 160 valence electrons. The van der Waals surface area contributed by atoms with Gasteiger partial charge in [-0.25, -0.2) is 19.0 Å². The van der Waals surface area contributed by atoms with Gasteiger partial charge >= 0.3 is 5.97 Å². The highest BCUT2D eigenvalue weighted by molar-refractivity contribution is 5.88. The van der Waals surface area contributed by atoms with Crippen molar-refractivity contribution in [3.63, 3.8) is 0 Å². The standard InChI is InChI=1S/C21H23N7O3/c1-3-4-9-27-18-17(25-21(27)26-10-7-22-8-11-26)13-24-28(19(18)29)14-16-6-5-15(12-23-16)20(30)31-2/h5-6,12-13,22H,3,7-8,10-11,14H2,1-2H3. The number of methoxy groups -OCH3 is 1. The lowest BCUT2D eigenvalue weighted by Gasteiger charge is -2.27. The molecule has 4 rings (SSSR count). The van der Waals surface area contributed by atoms with Crippen molar-refractivity contribution in [1.82, 2.24) is 29.6 Å². The van der Waals surface area contributed by atoms with Crippen molar-refractivity contribution in [1.29, 1.82) is 0 Å². The van der Waals surface area contributed by atoms with E-state index >= 15 is 0 Å². The molecule has 0 saturated carbocycles. The normalized spacial score (nSPS) is 13.7. The molecular formula is C21H23N7O3. The van der Waals surface area contributed by atoms with Gasteiger partial charge in [0.25, 0.3) is 5.56 Å². The third-order valence-corrected chi connectivity index (χ3v) is 4.97. The molecule has 1 aliphatic heterocycles. The summed E-state index contributed by atoms with van der Waals surface area (Å²) >= 11 is 0. The number of hydrogen-bond acceptors (Lipinski definition) is 8. The van der Waals surface area contributed by atoms with Crippen molar-refractivity contribution >= 4 is 23.0 Å². The molecule has 1 aliphatic rings. The maximum absolute atomic E-state index is 13.3. The molecule has 0 atom stereocenters. The summed E-state index contributed by atoms with van der Waals surface area (Å²) < 4.78 is 7.69. The molecule has 1 fully saturated rings. The molecule has 0 aliphatic carbocycles. The second kappa shape index (κ2) is 8.97. The van der Waals surface area contributed by atoms with Crippen LogP contribution in [0.1, 0.15) is 29.4 Å². The third kappa shape index (κ3) is 4.13. The number of ether oxygens (including phenoxy) is 1. The van der Waals surface area contributed by atoms with Crippen LogP contribution in [-0.2, 0) is 11.3 Å². The van der Waals surface area contributed by atoms with E-state index in [1.807, 2.05) is 6.92 Å². The summed E-state index contributed by atoms with van der Waals surface area (Å²) in [5.41, 5.74) is 1.55. The van der Waals surface area contributed by atoms with E-state index in [9.17, 15) is 9.59 Å². The van der Waals surface area contributed by atoms with Gasteiger partial charge in [0, 0.05) is 44.8 Å². The number of carbonyl (C=O) groups excluding carboxylic acids is 1. The molecule has 0 radical (unpaired) electrons. The third-order valence-electron chi connectivity index (χ3n) is 4.97. The smallest absolute Gasteiger partial charge is 0.339 e. The predicted octanol–water partition coefficient (Wildman–Crippen LogP) is 0.452. The zero-order chi connectivity index (χ0) is 21.8. The van der Waals surface area contributed by atoms with Crippen LogP contribution in [0.25, 0.3) is 11.0 Å². The van der Waals surface area contributed by atoms with Crippen LogP contribution in [0.2, 0.25) is 0 Å². The first-order valence-electron chi connectivity index (χ1n) is 10.1. The highest BCUT2D eigenvalue weighted by Gasteiger charge is 2.21. The fourth-order valence-electron chi connectivity index (χ4n) is 3.38. The second-order valence-electron chi connectivity index (χ2n) is 7.00. The Morgan fingerprint density at radius 2 is 2.06 bits per heavy atom. The average molecular weight is 421 g/mol. The fraction of sp³-hybridized carbons (Fsp3) is 0.381. The summed E-state index contributed by atoms with van der Waals surface area (Å²) in [4.78, 5) is 35.9. The number of carbonyl (C=O) groups is 1. The van der Waals surface area contributed by atoms with E-state index in [0.29, 0.717) is 34.7 Å². The number of piperazine rings is 1. The first-order chi connectivity index (χ1) is 15.1. The van der Waals surface area contributed by atoms with Crippen molar-refractivity contribution in [2.24, 2.45) is 0 Å². The first-order valence-corrected chi connectivity index (χ1v) is 10.1. The lowest BCUT2D eigenvalue weighted by Crippen LogP contribution is -2.44. The Morgan fingerprint density at radius 1 is 1.26 bits per heavy atom. The van der Waals surface area contributed by atoms with Crippen LogP contribution in [0.5, 0.6) is 0 Å². The van der Waals surface area contributed by atoms with Gasteiger partial charge in [-0.05, 0) is 12.1 Å². The number of hydrogen-bond donors (Lipinski definition) is 1. The van der Waals surface area contributed by atoms with Gasteiger partial charge in [-0.2, -0.15) is 5.10 Å². The highest BCUT2D eigenvalue weighted by Crippen LogP contribution is 2.19. The predicted molar refractivity (Wildman–Crippen MR) is 115 cm³/mol. The molecule has 0 aromatic carbocycles. The van der Waals surface area contributed by atoms with Crippen LogP contribution < -0.4 is 15.8 Å². The van der Waals surface area contributed by atoms with Crippen molar-refractivity contribution < 1.29 is 9.53 Å². The van der Waals surface area contributed by atoms with Gasteiger partial charge in [-0.3, -0.25) is 9.78 Å². The second-order valence-corrected chi connectivity index (χ2v) is 7.00. The molecule has 0 unspecified atom stereocenters. The van der Waals surface area contributed by atoms with E-state index in [0.717, 1.165) is 26.2 Å². The molecule has 0 amide bonds. The Hall–Kier alpha value is -3.71. The summed E-state index contributed by atoms with van der Waals surface area (Å²) in [6, 6.07) is 6.36. The number of esters is 1. The van der Waals surface area contributed by atoms with Crippen LogP contribution >= 0.6 is 0 Å². The number of rotatable bonds is 4. The van der Waals surface area contributed by atoms with E-state index in [1.165, 1.54) is 18.0 Å². The topological polar surface area (TPSA) is 107 Å². The number of pyridine rings is 1. The highest BCUT2D eigenvalue weighted by atomic mass is 16.5. The molecular weight excluding hydrogens is 398 g/mol. The molecule has 10 heteroatoms. The van der Waals surface area contributed by atoms with Crippen molar-refractivity contribution in [2.75, 3.05) is 38.2 Å². The number of anilines is 1. The van der Waals surface area contributed by atoms with Gasteiger partial charge < -0.3 is 15.0 Å². The summed E-state index contributed by atoms with van der Waals surface area (Å²) in [6.07, 6.45) is 3.66.